The Bertz CT molecular complexity index is 405. The minimum absolute atomic E-state index is 0.124. The van der Waals surface area contributed by atoms with Crippen LogP contribution in [0.2, 0.25) is 0 Å². The molecule has 0 saturated carbocycles. The molecule has 0 atom stereocenters. The Morgan fingerprint density at radius 3 is 2.39 bits per heavy atom. The second-order valence-electron chi connectivity index (χ2n) is 4.48. The summed E-state index contributed by atoms with van der Waals surface area (Å²) in [6, 6.07) is 3.74. The highest BCUT2D eigenvalue weighted by Crippen LogP contribution is 2.25. The molecule has 0 bridgehead atoms. The quantitative estimate of drug-likeness (QED) is 0.268. The molecule has 0 fully saturated rings. The molecule has 0 aliphatic heterocycles. The molecule has 100 valence electrons. The highest BCUT2D eigenvalue weighted by molar-refractivity contribution is 5.97. The first-order valence-corrected chi connectivity index (χ1v) is 6.32. The number of aryl methyl sites for hydroxylation is 2. The maximum atomic E-state index is 8.67. The van der Waals surface area contributed by atoms with Gasteiger partial charge in [-0.15, -0.1) is 0 Å². The number of rotatable bonds is 6. The molecule has 0 unspecified atom stereocenters. The molecule has 1 rings (SSSR count). The van der Waals surface area contributed by atoms with Gasteiger partial charge in [0.25, 0.3) is 0 Å². The van der Waals surface area contributed by atoms with Crippen molar-refractivity contribution in [2.24, 2.45) is 10.9 Å². The molecule has 0 aliphatic carbocycles. The van der Waals surface area contributed by atoms with Crippen molar-refractivity contribution in [2.45, 2.75) is 40.0 Å². The van der Waals surface area contributed by atoms with Gasteiger partial charge in [0.1, 0.15) is 5.75 Å². The lowest BCUT2D eigenvalue weighted by Crippen LogP contribution is -2.14. The molecule has 1 aromatic rings. The van der Waals surface area contributed by atoms with Crippen molar-refractivity contribution in [1.29, 1.82) is 0 Å². The largest absolute Gasteiger partial charge is 0.493 e. The van der Waals surface area contributed by atoms with Crippen molar-refractivity contribution in [2.75, 3.05) is 6.61 Å². The molecule has 0 heterocycles. The van der Waals surface area contributed by atoms with Gasteiger partial charge in [-0.1, -0.05) is 24.9 Å². The summed E-state index contributed by atoms with van der Waals surface area (Å²) in [7, 11) is 0. The van der Waals surface area contributed by atoms with Crippen LogP contribution in [0.25, 0.3) is 0 Å². The van der Waals surface area contributed by atoms with Gasteiger partial charge in [-0.25, -0.2) is 0 Å². The first-order chi connectivity index (χ1) is 8.60. The van der Waals surface area contributed by atoms with E-state index in [1.807, 2.05) is 26.0 Å². The van der Waals surface area contributed by atoms with E-state index < -0.39 is 0 Å². The third-order valence-electron chi connectivity index (χ3n) is 2.86. The van der Waals surface area contributed by atoms with Crippen molar-refractivity contribution >= 4 is 5.84 Å². The highest BCUT2D eigenvalue weighted by Gasteiger charge is 2.08. The number of ether oxygens (including phenoxy) is 1. The zero-order valence-electron chi connectivity index (χ0n) is 11.4. The van der Waals surface area contributed by atoms with E-state index in [1.54, 1.807) is 0 Å². The number of nitrogens with two attached hydrogens (primary N) is 1. The van der Waals surface area contributed by atoms with Crippen LogP contribution in [0, 0.1) is 13.8 Å². The summed E-state index contributed by atoms with van der Waals surface area (Å²) < 4.78 is 5.79. The fraction of sp³-hybridized carbons (Fsp3) is 0.500. The molecule has 1 aromatic carbocycles. The standard InChI is InChI=1S/C14H22N2O2/c1-4-5-6-7-18-13-10(2)8-12(9-11(13)3)14(15)16-17/h8-9,17H,4-7H2,1-3H3,(H2,15,16). The smallest absolute Gasteiger partial charge is 0.170 e. The number of oxime groups is 1. The first kappa shape index (κ1) is 14.4. The van der Waals surface area contributed by atoms with Gasteiger partial charge >= 0.3 is 0 Å². The van der Waals surface area contributed by atoms with Gasteiger partial charge in [-0.3, -0.25) is 0 Å². The summed E-state index contributed by atoms with van der Waals surface area (Å²) in [6.45, 7) is 6.84. The number of nitrogens with zero attached hydrogens (tertiary/aromatic N) is 1. The Kier molecular flexibility index (Phi) is 5.49. The van der Waals surface area contributed by atoms with E-state index in [0.29, 0.717) is 5.56 Å². The molecule has 18 heavy (non-hydrogen) atoms. The predicted octanol–water partition coefficient (Wildman–Crippen LogP) is 2.97. The minimum Gasteiger partial charge on any atom is -0.493 e. The first-order valence-electron chi connectivity index (χ1n) is 6.32. The van der Waals surface area contributed by atoms with Gasteiger partial charge in [-0.05, 0) is 43.5 Å². The van der Waals surface area contributed by atoms with Gasteiger partial charge in [0.15, 0.2) is 5.84 Å². The monoisotopic (exact) mass is 250 g/mol. The second kappa shape index (κ2) is 6.89. The Labute approximate surface area is 108 Å². The SMILES string of the molecule is CCCCCOc1c(C)cc(C(N)=NO)cc1C. The number of amidine groups is 1. The van der Waals surface area contributed by atoms with Crippen LogP contribution in [0.5, 0.6) is 5.75 Å². The molecule has 0 saturated heterocycles. The average Bonchev–Trinajstić information content (AvgIpc) is 2.35. The lowest BCUT2D eigenvalue weighted by Gasteiger charge is -2.13. The molecule has 0 amide bonds. The zero-order chi connectivity index (χ0) is 13.5. The van der Waals surface area contributed by atoms with Gasteiger partial charge in [0, 0.05) is 5.56 Å². The van der Waals surface area contributed by atoms with Crippen molar-refractivity contribution in [3.05, 3.63) is 28.8 Å². The minimum atomic E-state index is 0.124. The summed E-state index contributed by atoms with van der Waals surface area (Å²) >= 11 is 0. The van der Waals surface area contributed by atoms with E-state index >= 15 is 0 Å². The summed E-state index contributed by atoms with van der Waals surface area (Å²) in [6.07, 6.45) is 3.43. The Morgan fingerprint density at radius 1 is 1.28 bits per heavy atom. The van der Waals surface area contributed by atoms with E-state index in [0.717, 1.165) is 29.9 Å². The van der Waals surface area contributed by atoms with Crippen LogP contribution < -0.4 is 10.5 Å². The molecular weight excluding hydrogens is 228 g/mol. The average molecular weight is 250 g/mol. The van der Waals surface area contributed by atoms with E-state index in [9.17, 15) is 0 Å². The van der Waals surface area contributed by atoms with Crippen LogP contribution in [0.1, 0.15) is 42.9 Å². The fourth-order valence-corrected chi connectivity index (χ4v) is 1.91. The van der Waals surface area contributed by atoms with E-state index in [2.05, 4.69) is 12.1 Å². The van der Waals surface area contributed by atoms with E-state index in [1.165, 1.54) is 12.8 Å². The van der Waals surface area contributed by atoms with Crippen LogP contribution in [0.3, 0.4) is 0 Å². The fourth-order valence-electron chi connectivity index (χ4n) is 1.91. The van der Waals surface area contributed by atoms with Gasteiger partial charge < -0.3 is 15.7 Å². The van der Waals surface area contributed by atoms with Crippen LogP contribution in [0.4, 0.5) is 0 Å². The maximum absolute atomic E-state index is 8.67. The normalized spacial score (nSPS) is 11.6. The molecule has 4 heteroatoms. The highest BCUT2D eigenvalue weighted by atomic mass is 16.5. The summed E-state index contributed by atoms with van der Waals surface area (Å²) in [5.41, 5.74) is 8.31. The third kappa shape index (κ3) is 3.65. The van der Waals surface area contributed by atoms with Crippen molar-refractivity contribution in [3.8, 4) is 5.75 Å². The topological polar surface area (TPSA) is 67.8 Å². The van der Waals surface area contributed by atoms with E-state index in [-0.39, 0.29) is 5.84 Å². The lowest BCUT2D eigenvalue weighted by molar-refractivity contribution is 0.302. The number of benzene rings is 1. The number of unbranched alkanes of at least 4 members (excludes halogenated alkanes) is 2. The number of hydrogen-bond donors (Lipinski definition) is 2. The molecule has 0 spiro atoms. The van der Waals surface area contributed by atoms with Crippen molar-refractivity contribution in [1.82, 2.24) is 0 Å². The van der Waals surface area contributed by atoms with Gasteiger partial charge in [0.05, 0.1) is 6.61 Å². The van der Waals surface area contributed by atoms with Gasteiger partial charge in [-0.2, -0.15) is 0 Å². The van der Waals surface area contributed by atoms with Crippen LogP contribution in [0.15, 0.2) is 17.3 Å². The molecule has 0 aliphatic rings. The maximum Gasteiger partial charge on any atom is 0.170 e. The molecular formula is C14H22N2O2. The Morgan fingerprint density at radius 2 is 1.89 bits per heavy atom. The van der Waals surface area contributed by atoms with Crippen molar-refractivity contribution in [3.63, 3.8) is 0 Å². The molecule has 4 nitrogen and oxygen atoms in total. The molecule has 0 aromatic heterocycles. The molecule has 0 radical (unpaired) electrons. The van der Waals surface area contributed by atoms with Crippen LogP contribution in [-0.4, -0.2) is 17.6 Å². The predicted molar refractivity (Wildman–Crippen MR) is 73.4 cm³/mol. The lowest BCUT2D eigenvalue weighted by atomic mass is 10.1. The van der Waals surface area contributed by atoms with Crippen LogP contribution >= 0.6 is 0 Å². The Hall–Kier alpha value is -1.71. The van der Waals surface area contributed by atoms with Crippen molar-refractivity contribution < 1.29 is 9.94 Å². The van der Waals surface area contributed by atoms with Crippen LogP contribution in [-0.2, 0) is 0 Å². The second-order valence-corrected chi connectivity index (χ2v) is 4.48. The summed E-state index contributed by atoms with van der Waals surface area (Å²) in [5.74, 6) is 1.03. The summed E-state index contributed by atoms with van der Waals surface area (Å²) in [5, 5.41) is 11.7. The zero-order valence-corrected chi connectivity index (χ0v) is 11.4. The summed E-state index contributed by atoms with van der Waals surface area (Å²) in [4.78, 5) is 0. The van der Waals surface area contributed by atoms with Gasteiger partial charge in [0.2, 0.25) is 0 Å². The Balaban J connectivity index is 2.81. The third-order valence-corrected chi connectivity index (χ3v) is 2.86. The van der Waals surface area contributed by atoms with E-state index in [4.69, 9.17) is 15.7 Å². The molecule has 3 N–H and O–H groups in total. The number of hydrogen-bond acceptors (Lipinski definition) is 3.